The molecule has 1 heterocycles. The molecular weight excluding hydrogens is 419 g/mol. The van der Waals surface area contributed by atoms with Crippen LogP contribution in [-0.2, 0) is 42.9 Å². The maximum atomic E-state index is 12.5. The van der Waals surface area contributed by atoms with Crippen molar-refractivity contribution in [3.05, 3.63) is 0 Å². The lowest BCUT2D eigenvalue weighted by Gasteiger charge is -2.44. The van der Waals surface area contributed by atoms with E-state index in [1.165, 1.54) is 0 Å². The highest BCUT2D eigenvalue weighted by atomic mass is 19.4. The summed E-state index contributed by atoms with van der Waals surface area (Å²) >= 11 is 0. The van der Waals surface area contributed by atoms with Crippen molar-refractivity contribution in [2.75, 3.05) is 13.2 Å². The van der Waals surface area contributed by atoms with E-state index in [0.29, 0.717) is 0 Å². The Balaban J connectivity index is 3.26. The average Bonchev–Trinajstić information content (AvgIpc) is 2.60. The summed E-state index contributed by atoms with van der Waals surface area (Å²) in [6, 6.07) is 0. The van der Waals surface area contributed by atoms with Crippen molar-refractivity contribution in [2.24, 2.45) is 0 Å². The molecule has 10 nitrogen and oxygen atoms in total. The van der Waals surface area contributed by atoms with Gasteiger partial charge in [-0.2, -0.15) is 13.2 Å². The molecule has 1 saturated heterocycles. The maximum absolute atomic E-state index is 12.5. The predicted molar refractivity (Wildman–Crippen MR) is 89.2 cm³/mol. The van der Waals surface area contributed by atoms with Crippen LogP contribution in [0.3, 0.4) is 0 Å². The Kier molecular flexibility index (Phi) is 9.06. The number of hydrogen-bond donors (Lipinski definition) is 1. The van der Waals surface area contributed by atoms with Gasteiger partial charge in [0.15, 0.2) is 24.6 Å². The molecule has 1 aliphatic heterocycles. The smallest absolute Gasteiger partial charge is 0.456 e. The molecule has 1 rings (SSSR count). The molecule has 0 aliphatic carbocycles. The lowest BCUT2D eigenvalue weighted by Crippen LogP contribution is -2.64. The van der Waals surface area contributed by atoms with Gasteiger partial charge in [0.1, 0.15) is 12.7 Å². The number of terminal acetylenes is 1. The topological polar surface area (TPSA) is 126 Å². The highest BCUT2D eigenvalue weighted by Crippen LogP contribution is 2.29. The fraction of sp³-hybridized carbons (Fsp3) is 0.647. The van der Waals surface area contributed by atoms with Gasteiger partial charge in [0.25, 0.3) is 0 Å². The molecule has 0 unspecified atom stereocenters. The fourth-order valence-electron chi connectivity index (χ4n) is 2.58. The number of rotatable bonds is 7. The van der Waals surface area contributed by atoms with Gasteiger partial charge in [-0.3, -0.25) is 19.2 Å². The summed E-state index contributed by atoms with van der Waals surface area (Å²) in [6.45, 7) is 1.84. The first-order valence-corrected chi connectivity index (χ1v) is 8.44. The summed E-state index contributed by atoms with van der Waals surface area (Å²) in [6.07, 6.45) is -7.60. The number of carbonyl (C=O) groups excluding carboxylic acids is 4. The molecule has 1 N–H and O–H groups in total. The zero-order chi connectivity index (χ0) is 23.1. The average molecular weight is 439 g/mol. The quantitative estimate of drug-likeness (QED) is 0.327. The highest BCUT2D eigenvalue weighted by Gasteiger charge is 2.52. The van der Waals surface area contributed by atoms with Crippen LogP contribution in [0.5, 0.6) is 0 Å². The monoisotopic (exact) mass is 439 g/mol. The maximum Gasteiger partial charge on any atom is 0.471 e. The number of amides is 1. The molecule has 0 aromatic carbocycles. The number of carbonyl (C=O) groups is 4. The van der Waals surface area contributed by atoms with Gasteiger partial charge >= 0.3 is 30.0 Å². The van der Waals surface area contributed by atoms with Gasteiger partial charge < -0.3 is 29.0 Å². The first kappa shape index (κ1) is 25.2. The van der Waals surface area contributed by atoms with E-state index < -0.39 is 67.2 Å². The summed E-state index contributed by atoms with van der Waals surface area (Å²) in [4.78, 5) is 45.7. The minimum atomic E-state index is -5.18. The molecule has 1 fully saturated rings. The molecule has 5 atom stereocenters. The molecule has 0 aromatic rings. The van der Waals surface area contributed by atoms with Crippen LogP contribution >= 0.6 is 0 Å². The zero-order valence-electron chi connectivity index (χ0n) is 16.2. The van der Waals surface area contributed by atoms with E-state index in [1.54, 1.807) is 5.32 Å². The molecule has 1 amide bonds. The van der Waals surface area contributed by atoms with Crippen molar-refractivity contribution in [1.82, 2.24) is 5.32 Å². The van der Waals surface area contributed by atoms with Gasteiger partial charge in [0.05, 0.1) is 0 Å². The van der Waals surface area contributed by atoms with Gasteiger partial charge in [0.2, 0.25) is 0 Å². The van der Waals surface area contributed by atoms with E-state index in [9.17, 15) is 32.3 Å². The van der Waals surface area contributed by atoms with Crippen molar-refractivity contribution in [2.45, 2.75) is 57.7 Å². The van der Waals surface area contributed by atoms with E-state index in [4.69, 9.17) is 30.1 Å². The van der Waals surface area contributed by atoms with Crippen molar-refractivity contribution in [3.63, 3.8) is 0 Å². The molecule has 30 heavy (non-hydrogen) atoms. The van der Waals surface area contributed by atoms with Crippen LogP contribution in [0, 0.1) is 12.3 Å². The molecule has 0 spiro atoms. The van der Waals surface area contributed by atoms with Crippen molar-refractivity contribution in [3.8, 4) is 12.3 Å². The van der Waals surface area contributed by atoms with Crippen LogP contribution in [0.2, 0.25) is 0 Å². The van der Waals surface area contributed by atoms with Gasteiger partial charge in [-0.05, 0) is 0 Å². The minimum absolute atomic E-state index is 0.366. The standard InChI is InChI=1S/C17H20F3NO9/c1-5-6-26-15-14(29-10(4)24)13(28-9(3)23)12(27-8(2)22)11(30-15)7-21-16(25)17(18,19)20/h1,11-15H,6-7H2,2-4H3,(H,21,25)/t11-,12+,13+,14-,15-/m1/s1. The summed E-state index contributed by atoms with van der Waals surface area (Å²) in [5.74, 6) is -2.80. The van der Waals surface area contributed by atoms with E-state index in [-0.39, 0.29) is 6.61 Å². The molecule has 13 heteroatoms. The van der Waals surface area contributed by atoms with Crippen molar-refractivity contribution >= 4 is 23.8 Å². The third kappa shape index (κ3) is 7.53. The van der Waals surface area contributed by atoms with Gasteiger partial charge in [-0.15, -0.1) is 6.42 Å². The summed E-state index contributed by atoms with van der Waals surface area (Å²) < 4.78 is 63.3. The number of alkyl halides is 3. The normalized spacial score (nSPS) is 26.1. The van der Waals surface area contributed by atoms with Crippen molar-refractivity contribution < 1.29 is 56.0 Å². The minimum Gasteiger partial charge on any atom is -0.456 e. The Morgan fingerprint density at radius 3 is 1.93 bits per heavy atom. The van der Waals surface area contributed by atoms with Crippen LogP contribution in [0.1, 0.15) is 20.8 Å². The Bertz CT molecular complexity index is 704. The molecule has 168 valence electrons. The highest BCUT2D eigenvalue weighted by molar-refractivity contribution is 5.81. The summed E-state index contributed by atoms with van der Waals surface area (Å²) in [5.41, 5.74) is 0. The lowest BCUT2D eigenvalue weighted by atomic mass is 9.97. The summed E-state index contributed by atoms with van der Waals surface area (Å²) in [5, 5.41) is 1.58. The Labute approximate surface area is 169 Å². The van der Waals surface area contributed by atoms with Gasteiger partial charge in [0, 0.05) is 27.3 Å². The first-order chi connectivity index (χ1) is 13.9. The van der Waals surface area contributed by atoms with E-state index in [2.05, 4.69) is 5.92 Å². The van der Waals surface area contributed by atoms with E-state index in [0.717, 1.165) is 20.8 Å². The molecule has 1 aliphatic rings. The third-order valence-electron chi connectivity index (χ3n) is 3.55. The Hall–Kier alpha value is -2.85. The van der Waals surface area contributed by atoms with Gasteiger partial charge in [-0.25, -0.2) is 0 Å². The number of esters is 3. The number of ether oxygens (including phenoxy) is 5. The Morgan fingerprint density at radius 1 is 0.967 bits per heavy atom. The summed E-state index contributed by atoms with van der Waals surface area (Å²) in [7, 11) is 0. The van der Waals surface area contributed by atoms with Crippen LogP contribution in [0.15, 0.2) is 0 Å². The third-order valence-corrected chi connectivity index (χ3v) is 3.55. The molecule has 0 aromatic heterocycles. The van der Waals surface area contributed by atoms with Crippen LogP contribution in [0.25, 0.3) is 0 Å². The second-order valence-corrected chi connectivity index (χ2v) is 5.99. The van der Waals surface area contributed by atoms with E-state index in [1.807, 2.05) is 0 Å². The second-order valence-electron chi connectivity index (χ2n) is 5.99. The first-order valence-electron chi connectivity index (χ1n) is 8.44. The van der Waals surface area contributed by atoms with Crippen LogP contribution in [-0.4, -0.2) is 73.8 Å². The molecular formula is C17H20F3NO9. The van der Waals surface area contributed by atoms with Gasteiger partial charge in [-0.1, -0.05) is 5.92 Å². The SMILES string of the molecule is C#CCO[C@@H]1O[C@H](CNC(=O)C(F)(F)F)[C@H](OC(C)=O)[C@H](OC(C)=O)[C@H]1OC(C)=O. The lowest BCUT2D eigenvalue weighted by molar-refractivity contribution is -0.300. The Morgan fingerprint density at radius 2 is 1.47 bits per heavy atom. The van der Waals surface area contributed by atoms with Crippen molar-refractivity contribution in [1.29, 1.82) is 0 Å². The molecule has 0 radical (unpaired) electrons. The predicted octanol–water partition coefficient (Wildman–Crippen LogP) is -0.165. The molecule has 0 bridgehead atoms. The van der Waals surface area contributed by atoms with Crippen LogP contribution in [0.4, 0.5) is 13.2 Å². The number of hydrogen-bond acceptors (Lipinski definition) is 9. The zero-order valence-corrected chi connectivity index (χ0v) is 16.2. The van der Waals surface area contributed by atoms with E-state index >= 15 is 0 Å². The second kappa shape index (κ2) is 10.8. The van der Waals surface area contributed by atoms with Crippen LogP contribution < -0.4 is 5.32 Å². The largest absolute Gasteiger partial charge is 0.471 e. The fourth-order valence-corrected chi connectivity index (χ4v) is 2.58. The number of nitrogens with one attached hydrogen (secondary N) is 1. The molecule has 0 saturated carbocycles. The number of halogens is 3.